The molecule has 1 aromatic heterocycles. The third-order valence-electron chi connectivity index (χ3n) is 4.75. The number of hydrogen-bond acceptors (Lipinski definition) is 4. The van der Waals surface area contributed by atoms with Gasteiger partial charge in [-0.05, 0) is 50.5 Å². The van der Waals surface area contributed by atoms with E-state index in [-0.39, 0.29) is 6.04 Å². The van der Waals surface area contributed by atoms with E-state index in [0.717, 1.165) is 30.4 Å². The summed E-state index contributed by atoms with van der Waals surface area (Å²) in [5.74, 6) is 1.79. The van der Waals surface area contributed by atoms with Crippen LogP contribution in [-0.4, -0.2) is 28.6 Å². The Bertz CT molecular complexity index is 427. The maximum atomic E-state index is 5.83. The summed E-state index contributed by atoms with van der Waals surface area (Å²) in [7, 11) is 0. The van der Waals surface area contributed by atoms with Crippen LogP contribution in [0.15, 0.2) is 12.4 Å². The molecule has 0 radical (unpaired) electrons. The summed E-state index contributed by atoms with van der Waals surface area (Å²) in [5.41, 5.74) is 6.97. The topological polar surface area (TPSA) is 55.0 Å². The molecule has 0 bridgehead atoms. The lowest BCUT2D eigenvalue weighted by molar-refractivity contribution is 0.241. The van der Waals surface area contributed by atoms with Crippen molar-refractivity contribution >= 4 is 5.95 Å². The second-order valence-corrected chi connectivity index (χ2v) is 6.52. The van der Waals surface area contributed by atoms with Gasteiger partial charge in [-0.15, -0.1) is 0 Å². The Hall–Kier alpha value is -1.16. The molecule has 1 saturated carbocycles. The fourth-order valence-corrected chi connectivity index (χ4v) is 3.85. The standard InChI is InChI=1S/C16H26N4/c1-12(17)9-13-10-18-16(19-11-13)20-8-4-6-14-5-2-3-7-15(14)20/h10-12,14-15H,2-9,17H2,1H3. The Labute approximate surface area is 121 Å². The van der Waals surface area contributed by atoms with Gasteiger partial charge < -0.3 is 10.6 Å². The van der Waals surface area contributed by atoms with E-state index in [2.05, 4.69) is 14.9 Å². The van der Waals surface area contributed by atoms with E-state index in [1.165, 1.54) is 38.5 Å². The average Bonchev–Trinajstić information content (AvgIpc) is 2.47. The molecule has 3 unspecified atom stereocenters. The van der Waals surface area contributed by atoms with Crippen LogP contribution in [0.4, 0.5) is 5.95 Å². The number of aromatic nitrogens is 2. The van der Waals surface area contributed by atoms with Crippen LogP contribution < -0.4 is 10.6 Å². The molecular formula is C16H26N4. The summed E-state index contributed by atoms with van der Waals surface area (Å²) in [5, 5.41) is 0. The van der Waals surface area contributed by atoms with Crippen LogP contribution in [0.2, 0.25) is 0 Å². The van der Waals surface area contributed by atoms with E-state index in [0.29, 0.717) is 6.04 Å². The van der Waals surface area contributed by atoms with E-state index in [1.54, 1.807) is 0 Å². The van der Waals surface area contributed by atoms with Crippen LogP contribution in [0.3, 0.4) is 0 Å². The number of anilines is 1. The van der Waals surface area contributed by atoms with Crippen molar-refractivity contribution in [2.75, 3.05) is 11.4 Å². The Morgan fingerprint density at radius 2 is 1.90 bits per heavy atom. The van der Waals surface area contributed by atoms with Gasteiger partial charge in [0.05, 0.1) is 0 Å². The van der Waals surface area contributed by atoms with Crippen molar-refractivity contribution in [3.8, 4) is 0 Å². The summed E-state index contributed by atoms with van der Waals surface area (Å²) in [6, 6.07) is 0.846. The first-order valence-corrected chi connectivity index (χ1v) is 8.07. The molecule has 110 valence electrons. The lowest BCUT2D eigenvalue weighted by Gasteiger charge is -2.44. The van der Waals surface area contributed by atoms with Crippen molar-refractivity contribution < 1.29 is 0 Å². The molecule has 2 N–H and O–H groups in total. The average molecular weight is 274 g/mol. The van der Waals surface area contributed by atoms with Crippen molar-refractivity contribution in [3.63, 3.8) is 0 Å². The van der Waals surface area contributed by atoms with Gasteiger partial charge in [-0.25, -0.2) is 9.97 Å². The molecule has 1 aliphatic carbocycles. The molecule has 20 heavy (non-hydrogen) atoms. The summed E-state index contributed by atoms with van der Waals surface area (Å²) >= 11 is 0. The predicted octanol–water partition coefficient (Wildman–Crippen LogP) is 2.53. The van der Waals surface area contributed by atoms with Gasteiger partial charge in [0.2, 0.25) is 5.95 Å². The number of piperidine rings is 1. The molecule has 2 heterocycles. The minimum absolute atomic E-state index is 0.169. The Morgan fingerprint density at radius 1 is 1.20 bits per heavy atom. The van der Waals surface area contributed by atoms with Gasteiger partial charge in [0.15, 0.2) is 0 Å². The summed E-state index contributed by atoms with van der Waals surface area (Å²) in [6.07, 6.45) is 12.9. The normalized spacial score (nSPS) is 28.0. The molecule has 4 heteroatoms. The van der Waals surface area contributed by atoms with Crippen LogP contribution in [-0.2, 0) is 6.42 Å². The smallest absolute Gasteiger partial charge is 0.225 e. The van der Waals surface area contributed by atoms with E-state index >= 15 is 0 Å². The predicted molar refractivity (Wildman–Crippen MR) is 81.7 cm³/mol. The monoisotopic (exact) mass is 274 g/mol. The second-order valence-electron chi connectivity index (χ2n) is 6.52. The first-order valence-electron chi connectivity index (χ1n) is 8.07. The van der Waals surface area contributed by atoms with Gasteiger partial charge in [0, 0.05) is 31.0 Å². The highest BCUT2D eigenvalue weighted by atomic mass is 15.3. The Balaban J connectivity index is 1.73. The quantitative estimate of drug-likeness (QED) is 0.920. The number of nitrogens with two attached hydrogens (primary N) is 1. The molecule has 2 fully saturated rings. The highest BCUT2D eigenvalue weighted by Crippen LogP contribution is 2.36. The summed E-state index contributed by atoms with van der Waals surface area (Å²) in [4.78, 5) is 11.7. The number of rotatable bonds is 3. The van der Waals surface area contributed by atoms with Gasteiger partial charge >= 0.3 is 0 Å². The second kappa shape index (κ2) is 6.08. The van der Waals surface area contributed by atoms with Crippen LogP contribution in [0.5, 0.6) is 0 Å². The zero-order valence-corrected chi connectivity index (χ0v) is 12.5. The molecule has 2 aliphatic rings. The van der Waals surface area contributed by atoms with Gasteiger partial charge in [-0.2, -0.15) is 0 Å². The molecule has 1 aromatic rings. The SMILES string of the molecule is CC(N)Cc1cnc(N2CCCC3CCCCC32)nc1. The summed E-state index contributed by atoms with van der Waals surface area (Å²) in [6.45, 7) is 3.14. The van der Waals surface area contributed by atoms with Crippen molar-refractivity contribution in [1.82, 2.24) is 9.97 Å². The van der Waals surface area contributed by atoms with Crippen molar-refractivity contribution in [3.05, 3.63) is 18.0 Å². The van der Waals surface area contributed by atoms with Gasteiger partial charge in [0.1, 0.15) is 0 Å². The van der Waals surface area contributed by atoms with Crippen molar-refractivity contribution in [2.24, 2.45) is 11.7 Å². The van der Waals surface area contributed by atoms with Crippen LogP contribution in [0.1, 0.15) is 51.0 Å². The Morgan fingerprint density at radius 3 is 2.65 bits per heavy atom. The van der Waals surface area contributed by atoms with E-state index in [1.807, 2.05) is 19.3 Å². The fraction of sp³-hybridized carbons (Fsp3) is 0.750. The fourth-order valence-electron chi connectivity index (χ4n) is 3.85. The van der Waals surface area contributed by atoms with E-state index in [4.69, 9.17) is 5.73 Å². The first kappa shape index (κ1) is 13.8. The zero-order valence-electron chi connectivity index (χ0n) is 12.5. The van der Waals surface area contributed by atoms with Crippen molar-refractivity contribution in [2.45, 2.75) is 64.0 Å². The molecule has 0 aromatic carbocycles. The molecule has 4 nitrogen and oxygen atoms in total. The Kier molecular flexibility index (Phi) is 4.20. The third kappa shape index (κ3) is 2.95. The minimum atomic E-state index is 0.169. The van der Waals surface area contributed by atoms with Crippen molar-refractivity contribution in [1.29, 1.82) is 0 Å². The number of hydrogen-bond donors (Lipinski definition) is 1. The maximum absolute atomic E-state index is 5.83. The van der Waals surface area contributed by atoms with Gasteiger partial charge in [0.25, 0.3) is 0 Å². The lowest BCUT2D eigenvalue weighted by Crippen LogP contribution is -2.47. The molecule has 1 saturated heterocycles. The van der Waals surface area contributed by atoms with Crippen LogP contribution in [0, 0.1) is 5.92 Å². The zero-order chi connectivity index (χ0) is 13.9. The maximum Gasteiger partial charge on any atom is 0.225 e. The van der Waals surface area contributed by atoms with E-state index < -0.39 is 0 Å². The molecule has 3 atom stereocenters. The molecular weight excluding hydrogens is 248 g/mol. The molecule has 0 amide bonds. The highest BCUT2D eigenvalue weighted by Gasteiger charge is 2.34. The largest absolute Gasteiger partial charge is 0.338 e. The number of fused-ring (bicyclic) bond motifs is 1. The van der Waals surface area contributed by atoms with Gasteiger partial charge in [-0.3, -0.25) is 0 Å². The summed E-state index contributed by atoms with van der Waals surface area (Å²) < 4.78 is 0. The minimum Gasteiger partial charge on any atom is -0.338 e. The molecule has 3 rings (SSSR count). The van der Waals surface area contributed by atoms with E-state index in [9.17, 15) is 0 Å². The van der Waals surface area contributed by atoms with Crippen LogP contribution >= 0.6 is 0 Å². The molecule has 1 aliphatic heterocycles. The lowest BCUT2D eigenvalue weighted by atomic mass is 9.78. The first-order chi connectivity index (χ1) is 9.74. The molecule has 0 spiro atoms. The van der Waals surface area contributed by atoms with Crippen LogP contribution in [0.25, 0.3) is 0 Å². The number of nitrogens with zero attached hydrogens (tertiary/aromatic N) is 3. The highest BCUT2D eigenvalue weighted by molar-refractivity contribution is 5.33. The van der Waals surface area contributed by atoms with Gasteiger partial charge in [-0.1, -0.05) is 12.8 Å². The third-order valence-corrected chi connectivity index (χ3v) is 4.75.